The summed E-state index contributed by atoms with van der Waals surface area (Å²) >= 11 is 5.97. The number of aromatic nitrogens is 2. The fourth-order valence-corrected chi connectivity index (χ4v) is 1.76. The molecular weight excluding hydrogens is 296 g/mol. The molecule has 7 nitrogen and oxygen atoms in total. The molecule has 1 aromatic carbocycles. The van der Waals surface area contributed by atoms with Gasteiger partial charge in [-0.1, -0.05) is 11.6 Å². The summed E-state index contributed by atoms with van der Waals surface area (Å²) in [5, 5.41) is 2.79. The van der Waals surface area contributed by atoms with Crippen LogP contribution in [0.4, 0.5) is 11.6 Å². The van der Waals surface area contributed by atoms with Gasteiger partial charge in [0, 0.05) is 5.69 Å². The fourth-order valence-electron chi connectivity index (χ4n) is 1.55. The average molecular weight is 309 g/mol. The second-order valence-corrected chi connectivity index (χ2v) is 4.38. The molecule has 1 heterocycles. The Kier molecular flexibility index (Phi) is 4.44. The van der Waals surface area contributed by atoms with Crippen LogP contribution in [0.3, 0.4) is 0 Å². The highest BCUT2D eigenvalue weighted by Crippen LogP contribution is 2.21. The number of carbonyl (C=O) groups excluding carboxylic acids is 1. The van der Waals surface area contributed by atoms with E-state index in [9.17, 15) is 4.79 Å². The Bertz CT molecular complexity index is 656. The molecule has 21 heavy (non-hydrogen) atoms. The van der Waals surface area contributed by atoms with Gasteiger partial charge >= 0.3 is 0 Å². The van der Waals surface area contributed by atoms with Crippen molar-refractivity contribution in [2.45, 2.75) is 0 Å². The normalized spacial score (nSPS) is 10.0. The predicted octanol–water partition coefficient (Wildman–Crippen LogP) is 1.98. The summed E-state index contributed by atoms with van der Waals surface area (Å²) < 4.78 is 10.00. The van der Waals surface area contributed by atoms with E-state index in [-0.39, 0.29) is 28.3 Å². The van der Waals surface area contributed by atoms with Crippen LogP contribution in [0.25, 0.3) is 0 Å². The van der Waals surface area contributed by atoms with Crippen molar-refractivity contribution < 1.29 is 14.3 Å². The van der Waals surface area contributed by atoms with Crippen LogP contribution in [0.15, 0.2) is 24.3 Å². The number of halogens is 1. The van der Waals surface area contributed by atoms with E-state index in [2.05, 4.69) is 15.3 Å². The lowest BCUT2D eigenvalue weighted by Gasteiger charge is -2.08. The number of hydrogen-bond acceptors (Lipinski definition) is 6. The van der Waals surface area contributed by atoms with Crippen molar-refractivity contribution in [3.8, 4) is 11.8 Å². The van der Waals surface area contributed by atoms with E-state index in [1.165, 1.54) is 26.4 Å². The van der Waals surface area contributed by atoms with Crippen LogP contribution in [0.2, 0.25) is 5.02 Å². The highest BCUT2D eigenvalue weighted by atomic mass is 35.5. The molecule has 2 aromatic rings. The molecule has 1 amide bonds. The van der Waals surface area contributed by atoms with Crippen molar-refractivity contribution in [3.63, 3.8) is 0 Å². The summed E-state index contributed by atoms with van der Waals surface area (Å²) in [6.07, 6.45) is 0. The van der Waals surface area contributed by atoms with Crippen LogP contribution in [0.5, 0.6) is 11.8 Å². The van der Waals surface area contributed by atoms with Gasteiger partial charge in [0.25, 0.3) is 5.91 Å². The van der Waals surface area contributed by atoms with Crippen LogP contribution in [0, 0.1) is 0 Å². The molecule has 110 valence electrons. The molecule has 0 atom stereocenters. The van der Waals surface area contributed by atoms with Crippen molar-refractivity contribution >= 4 is 29.1 Å². The lowest BCUT2D eigenvalue weighted by Crippen LogP contribution is -2.15. The molecule has 0 aliphatic carbocycles. The molecule has 0 bridgehead atoms. The smallest absolute Gasteiger partial charge is 0.259 e. The number of anilines is 2. The van der Waals surface area contributed by atoms with Crippen molar-refractivity contribution in [2.75, 3.05) is 25.3 Å². The maximum Gasteiger partial charge on any atom is 0.259 e. The second kappa shape index (κ2) is 6.27. The van der Waals surface area contributed by atoms with Gasteiger partial charge in [-0.05, 0) is 18.2 Å². The van der Waals surface area contributed by atoms with Crippen LogP contribution < -0.4 is 20.5 Å². The number of rotatable bonds is 4. The van der Waals surface area contributed by atoms with Crippen molar-refractivity contribution in [3.05, 3.63) is 34.9 Å². The molecule has 3 N–H and O–H groups in total. The molecule has 8 heteroatoms. The first kappa shape index (κ1) is 14.9. The van der Waals surface area contributed by atoms with E-state index in [0.717, 1.165) is 0 Å². The number of nitrogens with two attached hydrogens (primary N) is 1. The van der Waals surface area contributed by atoms with Gasteiger partial charge in [-0.2, -0.15) is 9.97 Å². The standard InChI is InChI=1S/C13H13ClN4O3/c1-20-10-6-11(21-2)17-13(16-10)18-12(19)8-5-7(15)3-4-9(8)14/h3-6H,15H2,1-2H3,(H,16,17,18,19). The molecule has 0 radical (unpaired) electrons. The SMILES string of the molecule is COc1cc(OC)nc(NC(=O)c2cc(N)ccc2Cl)n1. The molecular formula is C13H13ClN4O3. The quantitative estimate of drug-likeness (QED) is 0.838. The lowest BCUT2D eigenvalue weighted by molar-refractivity contribution is 0.102. The van der Waals surface area contributed by atoms with Crippen LogP contribution in [-0.2, 0) is 0 Å². The van der Waals surface area contributed by atoms with Gasteiger partial charge in [-0.25, -0.2) is 0 Å². The summed E-state index contributed by atoms with van der Waals surface area (Å²) in [6, 6.07) is 6.10. The monoisotopic (exact) mass is 308 g/mol. The summed E-state index contributed by atoms with van der Waals surface area (Å²) in [4.78, 5) is 20.2. The topological polar surface area (TPSA) is 99.4 Å². The first-order valence-corrected chi connectivity index (χ1v) is 6.24. The Balaban J connectivity index is 2.28. The molecule has 0 aliphatic heterocycles. The van der Waals surface area contributed by atoms with Gasteiger partial charge in [0.05, 0.1) is 30.9 Å². The van der Waals surface area contributed by atoms with Crippen LogP contribution in [-0.4, -0.2) is 30.1 Å². The zero-order valence-electron chi connectivity index (χ0n) is 11.4. The van der Waals surface area contributed by atoms with E-state index in [1.54, 1.807) is 12.1 Å². The van der Waals surface area contributed by atoms with Crippen LogP contribution in [0.1, 0.15) is 10.4 Å². The minimum absolute atomic E-state index is 0.0368. The molecule has 0 saturated heterocycles. The van der Waals surface area contributed by atoms with E-state index in [1.807, 2.05) is 0 Å². The van der Waals surface area contributed by atoms with Crippen molar-refractivity contribution in [2.24, 2.45) is 0 Å². The Hall–Kier alpha value is -2.54. The molecule has 0 aliphatic rings. The maximum atomic E-state index is 12.2. The molecule has 0 saturated carbocycles. The minimum atomic E-state index is -0.484. The maximum absolute atomic E-state index is 12.2. The highest BCUT2D eigenvalue weighted by molar-refractivity contribution is 6.34. The van der Waals surface area contributed by atoms with Gasteiger partial charge in [0.15, 0.2) is 0 Å². The van der Waals surface area contributed by atoms with Crippen molar-refractivity contribution in [1.29, 1.82) is 0 Å². The first-order chi connectivity index (χ1) is 10.0. The minimum Gasteiger partial charge on any atom is -0.481 e. The Morgan fingerprint density at radius 2 is 1.81 bits per heavy atom. The number of nitrogen functional groups attached to an aromatic ring is 1. The summed E-state index contributed by atoms with van der Waals surface area (Å²) in [5.41, 5.74) is 6.29. The van der Waals surface area contributed by atoms with E-state index >= 15 is 0 Å². The van der Waals surface area contributed by atoms with Gasteiger partial charge in [0.1, 0.15) is 0 Å². The number of carbonyl (C=O) groups is 1. The van der Waals surface area contributed by atoms with Crippen LogP contribution >= 0.6 is 11.6 Å². The Morgan fingerprint density at radius 1 is 1.19 bits per heavy atom. The van der Waals surface area contributed by atoms with Gasteiger partial charge in [-0.3, -0.25) is 10.1 Å². The third-order valence-electron chi connectivity index (χ3n) is 2.56. The third kappa shape index (κ3) is 3.51. The van der Waals surface area contributed by atoms with E-state index < -0.39 is 5.91 Å². The Labute approximate surface area is 126 Å². The summed E-state index contributed by atoms with van der Waals surface area (Å²) in [6.45, 7) is 0. The predicted molar refractivity (Wildman–Crippen MR) is 79.0 cm³/mol. The second-order valence-electron chi connectivity index (χ2n) is 3.97. The third-order valence-corrected chi connectivity index (χ3v) is 2.89. The summed E-state index contributed by atoms with van der Waals surface area (Å²) in [5.74, 6) is 0.0731. The zero-order valence-corrected chi connectivity index (χ0v) is 12.1. The average Bonchev–Trinajstić information content (AvgIpc) is 2.49. The fraction of sp³-hybridized carbons (Fsp3) is 0.154. The molecule has 0 unspecified atom stereocenters. The number of hydrogen-bond donors (Lipinski definition) is 2. The Morgan fingerprint density at radius 3 is 2.38 bits per heavy atom. The van der Waals surface area contributed by atoms with Gasteiger partial charge in [-0.15, -0.1) is 0 Å². The molecule has 0 fully saturated rings. The first-order valence-electron chi connectivity index (χ1n) is 5.87. The number of amides is 1. The molecule has 0 spiro atoms. The largest absolute Gasteiger partial charge is 0.481 e. The zero-order chi connectivity index (χ0) is 15.4. The number of ether oxygens (including phenoxy) is 2. The number of nitrogens with one attached hydrogen (secondary N) is 1. The van der Waals surface area contributed by atoms with Gasteiger partial charge in [0.2, 0.25) is 17.7 Å². The van der Waals surface area contributed by atoms with E-state index in [4.69, 9.17) is 26.8 Å². The molecule has 2 rings (SSSR count). The highest BCUT2D eigenvalue weighted by Gasteiger charge is 2.14. The van der Waals surface area contributed by atoms with E-state index in [0.29, 0.717) is 5.69 Å². The lowest BCUT2D eigenvalue weighted by atomic mass is 10.2. The molecule has 1 aromatic heterocycles. The number of nitrogens with zero attached hydrogens (tertiary/aromatic N) is 2. The summed E-state index contributed by atoms with van der Waals surface area (Å²) in [7, 11) is 2.89. The van der Waals surface area contributed by atoms with Crippen molar-refractivity contribution in [1.82, 2.24) is 9.97 Å². The van der Waals surface area contributed by atoms with Gasteiger partial charge < -0.3 is 15.2 Å². The number of benzene rings is 1. The number of methoxy groups -OCH3 is 2.